The van der Waals surface area contributed by atoms with Crippen molar-refractivity contribution in [2.75, 3.05) is 0 Å². The van der Waals surface area contributed by atoms with Crippen LogP contribution in [0.25, 0.3) is 0 Å². The van der Waals surface area contributed by atoms with Crippen molar-refractivity contribution in [3.8, 4) is 0 Å². The van der Waals surface area contributed by atoms with Gasteiger partial charge in [-0.15, -0.1) is 0 Å². The summed E-state index contributed by atoms with van der Waals surface area (Å²) in [6, 6.07) is 0. The summed E-state index contributed by atoms with van der Waals surface area (Å²) in [5.41, 5.74) is 0. The molecule has 0 bridgehead atoms. The smallest absolute Gasteiger partial charge is 0.0311 e. The summed E-state index contributed by atoms with van der Waals surface area (Å²) in [7, 11) is -5.17. The van der Waals surface area contributed by atoms with Crippen LogP contribution in [0.1, 0.15) is 0 Å². The first-order valence-electron chi connectivity index (χ1n) is 0.667. The van der Waals surface area contributed by atoms with Crippen LogP contribution in [-0.4, -0.2) is 55.2 Å². The molecule has 0 unspecified atom stereocenters. The molecule has 0 saturated carbocycles. The topological polar surface area (TPSA) is 80.3 Å². The molecule has 0 aliphatic rings. The van der Waals surface area contributed by atoms with E-state index in [-0.39, 0.29) is 37.7 Å². The van der Waals surface area contributed by atoms with Crippen molar-refractivity contribution in [2.45, 2.75) is 0 Å². The van der Waals surface area contributed by atoms with Gasteiger partial charge in [0.15, 0.2) is 0 Å². The van der Waals surface area contributed by atoms with Gasteiger partial charge in [0, 0.05) is 48.1 Å². The monoisotopic (exact) mass is 110 g/mol. The van der Waals surface area contributed by atoms with Crippen molar-refractivity contribution in [3.05, 3.63) is 0 Å². The van der Waals surface area contributed by atoms with Crippen molar-refractivity contribution >= 4 is 48.1 Å². The molecule has 0 amide bonds. The van der Waals surface area contributed by atoms with Gasteiger partial charge >= 0.3 is 0 Å². The van der Waals surface area contributed by atoms with Crippen LogP contribution < -0.4 is 0 Å². The Morgan fingerprint density at radius 2 is 1.00 bits per heavy atom. The van der Waals surface area contributed by atoms with E-state index in [2.05, 4.69) is 0 Å². The zero-order valence-corrected chi connectivity index (χ0v) is 4.86. The molecule has 0 saturated heterocycles. The van der Waals surface area contributed by atoms with Crippen molar-refractivity contribution in [1.29, 1.82) is 0 Å². The molecule has 0 aliphatic carbocycles. The quantitative estimate of drug-likeness (QED) is 0.203. The summed E-state index contributed by atoms with van der Waals surface area (Å²) in [6.45, 7) is 0. The molecule has 0 atom stereocenters. The second kappa shape index (κ2) is 5.21. The Morgan fingerprint density at radius 1 is 1.00 bits per heavy atom. The van der Waals surface area contributed by atoms with E-state index >= 15 is 0 Å². The normalized spacial score (nSPS) is 8.29. The molecule has 0 N–H and O–H groups in total. The maximum absolute atomic E-state index is 8.52. The molecular formula is Li2O4S-2. The van der Waals surface area contributed by atoms with Crippen LogP contribution in [0.15, 0.2) is 0 Å². The van der Waals surface area contributed by atoms with E-state index in [4.69, 9.17) is 17.5 Å². The Morgan fingerprint density at radius 3 is 1.00 bits per heavy atom. The molecule has 4 nitrogen and oxygen atoms in total. The zero-order chi connectivity index (χ0) is 4.50. The van der Waals surface area contributed by atoms with Crippen molar-refractivity contribution in [2.24, 2.45) is 0 Å². The van der Waals surface area contributed by atoms with Gasteiger partial charge in [0.25, 0.3) is 0 Å². The third kappa shape index (κ3) is 160. The van der Waals surface area contributed by atoms with E-state index in [0.717, 1.165) is 0 Å². The maximum atomic E-state index is 8.52. The summed E-state index contributed by atoms with van der Waals surface area (Å²) >= 11 is 0. The minimum atomic E-state index is -5.17. The van der Waals surface area contributed by atoms with Crippen LogP contribution in [0.2, 0.25) is 0 Å². The average Bonchev–Trinajstić information content (AvgIpc) is 0.722. The Labute approximate surface area is 65.6 Å². The summed E-state index contributed by atoms with van der Waals surface area (Å²) in [4.78, 5) is 0. The molecule has 0 spiro atoms. The second-order valence-corrected chi connectivity index (χ2v) is 1.22. The van der Waals surface area contributed by atoms with Crippen LogP contribution >= 0.6 is 0 Å². The Kier molecular flexibility index (Phi) is 11.7. The summed E-state index contributed by atoms with van der Waals surface area (Å²) in [5.74, 6) is 0. The van der Waals surface area contributed by atoms with E-state index in [1.807, 2.05) is 0 Å². The van der Waals surface area contributed by atoms with Gasteiger partial charge in [-0.25, -0.2) is 0 Å². The number of rotatable bonds is 0. The average molecular weight is 110 g/mol. The van der Waals surface area contributed by atoms with Crippen LogP contribution in [0.3, 0.4) is 0 Å². The molecule has 0 aromatic carbocycles. The summed E-state index contributed by atoms with van der Waals surface area (Å²) in [6.07, 6.45) is 0. The Hall–Kier alpha value is 1.06. The first-order valence-corrected chi connectivity index (χ1v) is 2.00. The van der Waals surface area contributed by atoms with Gasteiger partial charge in [0.2, 0.25) is 0 Å². The first-order chi connectivity index (χ1) is 2.00. The summed E-state index contributed by atoms with van der Waals surface area (Å²) in [5, 5.41) is 0. The van der Waals surface area contributed by atoms with Gasteiger partial charge in [0.1, 0.15) is 0 Å². The van der Waals surface area contributed by atoms with E-state index in [1.165, 1.54) is 0 Å². The molecule has 0 aromatic rings. The molecule has 7 heteroatoms. The van der Waals surface area contributed by atoms with Crippen LogP contribution in [0, 0.1) is 0 Å². The molecule has 34 valence electrons. The van der Waals surface area contributed by atoms with Crippen LogP contribution in [0.5, 0.6) is 0 Å². The molecule has 7 heavy (non-hydrogen) atoms. The van der Waals surface area contributed by atoms with Gasteiger partial charge in [-0.3, -0.25) is 8.42 Å². The predicted octanol–water partition coefficient (Wildman–Crippen LogP) is -2.10. The Balaban J connectivity index is -0.0000000800. The fourth-order valence-corrected chi connectivity index (χ4v) is 0. The standard InChI is InChI=1S/2Li.H2O4S/c;;1-5(2,3)4/h;;(H2,1,2,3,4)/p-2. The number of hydrogen-bond donors (Lipinski definition) is 0. The number of hydrogen-bond acceptors (Lipinski definition) is 4. The van der Waals surface area contributed by atoms with Crippen molar-refractivity contribution in [1.82, 2.24) is 0 Å². The van der Waals surface area contributed by atoms with E-state index in [1.54, 1.807) is 0 Å². The molecule has 0 heterocycles. The third-order valence-electron chi connectivity index (χ3n) is 0. The van der Waals surface area contributed by atoms with Crippen molar-refractivity contribution < 1.29 is 17.5 Å². The molecule has 2 radical (unpaired) electrons. The maximum Gasteiger partial charge on any atom is 0.0311 e. The Bertz CT molecular complexity index is 92.9. The minimum Gasteiger partial charge on any atom is -0.759 e. The molecule has 0 aromatic heterocycles. The van der Waals surface area contributed by atoms with Gasteiger partial charge < -0.3 is 9.11 Å². The second-order valence-electron chi connectivity index (χ2n) is 0.408. The fraction of sp³-hybridized carbons (Fsp3) is 0. The van der Waals surface area contributed by atoms with Crippen molar-refractivity contribution in [3.63, 3.8) is 0 Å². The summed E-state index contributed by atoms with van der Waals surface area (Å²) < 4.78 is 34.1. The van der Waals surface area contributed by atoms with E-state index in [0.29, 0.717) is 0 Å². The largest absolute Gasteiger partial charge is 0.759 e. The predicted molar refractivity (Wildman–Crippen MR) is 22.0 cm³/mol. The van der Waals surface area contributed by atoms with Gasteiger partial charge in [-0.2, -0.15) is 0 Å². The van der Waals surface area contributed by atoms with Crippen LogP contribution in [-0.2, 0) is 10.4 Å². The van der Waals surface area contributed by atoms with E-state index < -0.39 is 10.4 Å². The van der Waals surface area contributed by atoms with Gasteiger partial charge in [-0.05, 0) is 0 Å². The zero-order valence-electron chi connectivity index (χ0n) is 4.04. The van der Waals surface area contributed by atoms with Gasteiger partial charge in [-0.1, -0.05) is 0 Å². The van der Waals surface area contributed by atoms with E-state index in [9.17, 15) is 0 Å². The molecule has 0 rings (SSSR count). The van der Waals surface area contributed by atoms with Crippen LogP contribution in [0.4, 0.5) is 0 Å². The first kappa shape index (κ1) is 15.7. The molecule has 0 fully saturated rings. The SMILES string of the molecule is O=S(=O)([O-])[O-].[Li].[Li]. The molecular weight excluding hydrogens is 110 g/mol. The fourth-order valence-electron chi connectivity index (χ4n) is 0. The third-order valence-corrected chi connectivity index (χ3v) is 0. The van der Waals surface area contributed by atoms with Gasteiger partial charge in [0.05, 0.1) is 0 Å². The minimum absolute atomic E-state index is 0. The molecule has 0 aliphatic heterocycles.